The first kappa shape index (κ1) is 12.7. The maximum Gasteiger partial charge on any atom is 0.123 e. The summed E-state index contributed by atoms with van der Waals surface area (Å²) in [5.41, 5.74) is 2.21. The third-order valence-electron chi connectivity index (χ3n) is 2.58. The molecule has 4 heteroatoms. The monoisotopic (exact) mass is 313 g/mol. The van der Waals surface area contributed by atoms with Gasteiger partial charge in [0.25, 0.3) is 0 Å². The lowest BCUT2D eigenvalue weighted by Crippen LogP contribution is -2.17. The Balaban J connectivity index is 1.95. The summed E-state index contributed by atoms with van der Waals surface area (Å²) >= 11 is 5.11. The molecule has 1 aromatic heterocycles. The standard InChI is InChI=1S/C13H13BrFNS/c1-9(11-3-2-4-12(15)6-11)16-7-10-5-13(14)17-8-10/h2-6,8-9,16H,7H2,1H3/t9-/m0/s1. The van der Waals surface area contributed by atoms with Crippen molar-refractivity contribution in [3.05, 3.63) is 56.4 Å². The van der Waals surface area contributed by atoms with E-state index in [2.05, 4.69) is 32.7 Å². The third kappa shape index (κ3) is 3.63. The summed E-state index contributed by atoms with van der Waals surface area (Å²) in [6.07, 6.45) is 0. The number of benzene rings is 1. The van der Waals surface area contributed by atoms with Gasteiger partial charge < -0.3 is 5.32 Å². The fourth-order valence-electron chi connectivity index (χ4n) is 1.60. The minimum Gasteiger partial charge on any atom is -0.306 e. The van der Waals surface area contributed by atoms with Gasteiger partial charge in [-0.1, -0.05) is 12.1 Å². The quantitative estimate of drug-likeness (QED) is 0.876. The Bertz CT molecular complexity index is 498. The second-order valence-electron chi connectivity index (χ2n) is 3.92. The van der Waals surface area contributed by atoms with Gasteiger partial charge in [-0.3, -0.25) is 0 Å². The molecule has 17 heavy (non-hydrogen) atoms. The molecule has 2 rings (SSSR count). The average Bonchev–Trinajstić information content (AvgIpc) is 2.72. The summed E-state index contributed by atoms with van der Waals surface area (Å²) in [6, 6.07) is 8.95. The second-order valence-corrected chi connectivity index (χ2v) is 6.21. The van der Waals surface area contributed by atoms with Crippen LogP contribution >= 0.6 is 27.3 Å². The maximum absolute atomic E-state index is 13.1. The zero-order valence-corrected chi connectivity index (χ0v) is 11.8. The minimum atomic E-state index is -0.186. The number of nitrogens with one attached hydrogen (secondary N) is 1. The molecule has 0 unspecified atom stereocenters. The molecule has 0 bridgehead atoms. The summed E-state index contributed by atoms with van der Waals surface area (Å²) in [5.74, 6) is -0.186. The van der Waals surface area contributed by atoms with Gasteiger partial charge in [-0.05, 0) is 57.6 Å². The van der Waals surface area contributed by atoms with Gasteiger partial charge in [0.2, 0.25) is 0 Å². The van der Waals surface area contributed by atoms with Crippen LogP contribution in [0.25, 0.3) is 0 Å². The van der Waals surface area contributed by atoms with E-state index >= 15 is 0 Å². The number of thiophene rings is 1. The van der Waals surface area contributed by atoms with Crippen molar-refractivity contribution in [3.8, 4) is 0 Å². The Kier molecular flexibility index (Phi) is 4.31. The molecule has 1 nitrogen and oxygen atoms in total. The van der Waals surface area contributed by atoms with Crippen LogP contribution < -0.4 is 5.32 Å². The van der Waals surface area contributed by atoms with Gasteiger partial charge in [-0.15, -0.1) is 11.3 Å². The summed E-state index contributed by atoms with van der Waals surface area (Å²) in [6.45, 7) is 2.83. The van der Waals surface area contributed by atoms with Gasteiger partial charge in [0.05, 0.1) is 3.79 Å². The topological polar surface area (TPSA) is 12.0 Å². The molecule has 0 radical (unpaired) electrons. The molecule has 0 fully saturated rings. The smallest absolute Gasteiger partial charge is 0.123 e. The molecule has 0 saturated heterocycles. The molecular weight excluding hydrogens is 301 g/mol. The van der Waals surface area contributed by atoms with Crippen molar-refractivity contribution in [2.45, 2.75) is 19.5 Å². The number of halogens is 2. The first-order valence-electron chi connectivity index (χ1n) is 5.37. The molecule has 0 spiro atoms. The van der Waals surface area contributed by atoms with Crippen LogP contribution in [0.15, 0.2) is 39.5 Å². The van der Waals surface area contributed by atoms with Crippen molar-refractivity contribution in [1.82, 2.24) is 5.32 Å². The van der Waals surface area contributed by atoms with E-state index in [0.29, 0.717) is 0 Å². The Hall–Kier alpha value is -0.710. The normalized spacial score (nSPS) is 12.6. The molecule has 0 aliphatic rings. The maximum atomic E-state index is 13.1. The second kappa shape index (κ2) is 5.76. The Morgan fingerprint density at radius 2 is 2.24 bits per heavy atom. The molecule has 0 amide bonds. The highest BCUT2D eigenvalue weighted by atomic mass is 79.9. The van der Waals surface area contributed by atoms with Gasteiger partial charge in [0, 0.05) is 12.6 Å². The van der Waals surface area contributed by atoms with E-state index in [4.69, 9.17) is 0 Å². The number of hydrogen-bond donors (Lipinski definition) is 1. The molecule has 0 aliphatic heterocycles. The van der Waals surface area contributed by atoms with E-state index in [9.17, 15) is 4.39 Å². The molecule has 1 atom stereocenters. The van der Waals surface area contributed by atoms with Crippen LogP contribution in [-0.4, -0.2) is 0 Å². The van der Waals surface area contributed by atoms with E-state index in [1.807, 2.05) is 13.0 Å². The molecular formula is C13H13BrFNS. The Morgan fingerprint density at radius 3 is 2.88 bits per heavy atom. The van der Waals surface area contributed by atoms with Crippen molar-refractivity contribution in [2.24, 2.45) is 0 Å². The predicted octanol–water partition coefficient (Wildman–Crippen LogP) is 4.50. The van der Waals surface area contributed by atoms with Gasteiger partial charge in [0.15, 0.2) is 0 Å². The van der Waals surface area contributed by atoms with Crippen LogP contribution in [0.4, 0.5) is 4.39 Å². The van der Waals surface area contributed by atoms with Crippen LogP contribution in [0.1, 0.15) is 24.1 Å². The average molecular weight is 314 g/mol. The molecule has 90 valence electrons. The third-order valence-corrected chi connectivity index (χ3v) is 4.14. The first-order valence-corrected chi connectivity index (χ1v) is 7.04. The van der Waals surface area contributed by atoms with Gasteiger partial charge in [0.1, 0.15) is 5.82 Å². The highest BCUT2D eigenvalue weighted by Crippen LogP contribution is 2.21. The molecule has 0 aliphatic carbocycles. The van der Waals surface area contributed by atoms with Crippen molar-refractivity contribution >= 4 is 27.3 Å². The lowest BCUT2D eigenvalue weighted by Gasteiger charge is -2.13. The number of hydrogen-bond acceptors (Lipinski definition) is 2. The molecule has 0 saturated carbocycles. The lowest BCUT2D eigenvalue weighted by molar-refractivity contribution is 0.565. The largest absolute Gasteiger partial charge is 0.306 e. The predicted molar refractivity (Wildman–Crippen MR) is 73.7 cm³/mol. The molecule has 1 heterocycles. The summed E-state index contributed by atoms with van der Waals surface area (Å²) in [5, 5.41) is 5.48. The van der Waals surface area contributed by atoms with Crippen LogP contribution in [-0.2, 0) is 6.54 Å². The zero-order valence-electron chi connectivity index (χ0n) is 9.41. The van der Waals surface area contributed by atoms with E-state index < -0.39 is 0 Å². The summed E-state index contributed by atoms with van der Waals surface area (Å²) < 4.78 is 14.2. The van der Waals surface area contributed by atoms with Crippen molar-refractivity contribution in [3.63, 3.8) is 0 Å². The van der Waals surface area contributed by atoms with Crippen molar-refractivity contribution in [1.29, 1.82) is 0 Å². The SMILES string of the molecule is C[C@H](NCc1csc(Br)c1)c1cccc(F)c1. The van der Waals surface area contributed by atoms with Crippen LogP contribution in [0.5, 0.6) is 0 Å². The fourth-order valence-corrected chi connectivity index (χ4v) is 2.81. The van der Waals surface area contributed by atoms with Gasteiger partial charge >= 0.3 is 0 Å². The van der Waals surface area contributed by atoms with E-state index in [-0.39, 0.29) is 11.9 Å². The summed E-state index contributed by atoms with van der Waals surface area (Å²) in [4.78, 5) is 0. The fraction of sp³-hybridized carbons (Fsp3) is 0.231. The van der Waals surface area contributed by atoms with E-state index in [1.54, 1.807) is 23.5 Å². The van der Waals surface area contributed by atoms with E-state index in [0.717, 1.165) is 15.9 Å². The minimum absolute atomic E-state index is 0.143. The first-order chi connectivity index (χ1) is 8.15. The highest BCUT2D eigenvalue weighted by molar-refractivity contribution is 9.11. The van der Waals surface area contributed by atoms with E-state index in [1.165, 1.54) is 11.6 Å². The highest BCUT2D eigenvalue weighted by Gasteiger charge is 2.06. The lowest BCUT2D eigenvalue weighted by atomic mass is 10.1. The number of rotatable bonds is 4. The van der Waals surface area contributed by atoms with Gasteiger partial charge in [-0.2, -0.15) is 0 Å². The zero-order chi connectivity index (χ0) is 12.3. The Labute approximate surface area is 113 Å². The van der Waals surface area contributed by atoms with Crippen LogP contribution in [0.2, 0.25) is 0 Å². The molecule has 2 aromatic rings. The van der Waals surface area contributed by atoms with Crippen molar-refractivity contribution < 1.29 is 4.39 Å². The van der Waals surface area contributed by atoms with Gasteiger partial charge in [-0.25, -0.2) is 4.39 Å². The molecule has 1 aromatic carbocycles. The Morgan fingerprint density at radius 1 is 1.41 bits per heavy atom. The van der Waals surface area contributed by atoms with Crippen LogP contribution in [0, 0.1) is 5.82 Å². The van der Waals surface area contributed by atoms with Crippen molar-refractivity contribution in [2.75, 3.05) is 0 Å². The van der Waals surface area contributed by atoms with Crippen LogP contribution in [0.3, 0.4) is 0 Å². The summed E-state index contributed by atoms with van der Waals surface area (Å²) in [7, 11) is 0. The molecule has 1 N–H and O–H groups in total.